The summed E-state index contributed by atoms with van der Waals surface area (Å²) in [5.74, 6) is -1.49. The summed E-state index contributed by atoms with van der Waals surface area (Å²) in [7, 11) is 0. The van der Waals surface area contributed by atoms with E-state index in [9.17, 15) is 15.3 Å². The Labute approximate surface area is 150 Å². The summed E-state index contributed by atoms with van der Waals surface area (Å²) in [6.07, 6.45) is 2.27. The molecular formula is C20H19N3O3. The average Bonchev–Trinajstić information content (AvgIpc) is 2.92. The number of aryl methyl sites for hydroxylation is 2. The van der Waals surface area contributed by atoms with E-state index in [1.165, 1.54) is 6.33 Å². The molecule has 3 aromatic rings. The summed E-state index contributed by atoms with van der Waals surface area (Å²) >= 11 is 0. The average molecular weight is 349 g/mol. The molecule has 1 aromatic heterocycles. The molecule has 0 saturated carbocycles. The van der Waals surface area contributed by atoms with Gasteiger partial charge in [-0.05, 0) is 31.0 Å². The number of aromatic nitrogens is 2. The smallest absolute Gasteiger partial charge is 0.190 e. The second-order valence-corrected chi connectivity index (χ2v) is 6.60. The number of aromatic hydroxyl groups is 1. The highest BCUT2D eigenvalue weighted by Crippen LogP contribution is 2.38. The van der Waals surface area contributed by atoms with Crippen LogP contribution in [0.25, 0.3) is 11.3 Å². The number of anilines is 2. The molecule has 0 radical (unpaired) electrons. The van der Waals surface area contributed by atoms with Crippen molar-refractivity contribution in [2.24, 2.45) is 0 Å². The van der Waals surface area contributed by atoms with E-state index in [1.807, 2.05) is 37.3 Å². The molecule has 0 unspecified atom stereocenters. The van der Waals surface area contributed by atoms with Crippen LogP contribution >= 0.6 is 0 Å². The maximum absolute atomic E-state index is 10.6. The van der Waals surface area contributed by atoms with E-state index in [1.54, 1.807) is 12.1 Å². The predicted octanol–water partition coefficient (Wildman–Crippen LogP) is 2.98. The van der Waals surface area contributed by atoms with Crippen molar-refractivity contribution in [3.05, 3.63) is 65.5 Å². The van der Waals surface area contributed by atoms with Gasteiger partial charge in [-0.2, -0.15) is 0 Å². The largest absolute Gasteiger partial charge is 0.503 e. The first-order valence-corrected chi connectivity index (χ1v) is 8.40. The Morgan fingerprint density at radius 3 is 2.58 bits per heavy atom. The van der Waals surface area contributed by atoms with Gasteiger partial charge in [0.25, 0.3) is 0 Å². The van der Waals surface area contributed by atoms with E-state index in [4.69, 9.17) is 0 Å². The van der Waals surface area contributed by atoms with Gasteiger partial charge in [-0.25, -0.2) is 9.97 Å². The molecule has 0 bridgehead atoms. The zero-order chi connectivity index (χ0) is 18.3. The van der Waals surface area contributed by atoms with Gasteiger partial charge in [0, 0.05) is 23.2 Å². The molecule has 0 atom stereocenters. The van der Waals surface area contributed by atoms with Crippen LogP contribution < -0.4 is 5.32 Å². The van der Waals surface area contributed by atoms with Crippen molar-refractivity contribution in [2.45, 2.75) is 25.6 Å². The summed E-state index contributed by atoms with van der Waals surface area (Å²) in [5.41, 5.74) is 4.49. The quantitative estimate of drug-likeness (QED) is 0.543. The number of nitrogens with zero attached hydrogens (tertiary/aromatic N) is 2. The van der Waals surface area contributed by atoms with Gasteiger partial charge in [0.2, 0.25) is 0 Å². The summed E-state index contributed by atoms with van der Waals surface area (Å²) in [6, 6.07) is 13.0. The lowest BCUT2D eigenvalue weighted by Crippen LogP contribution is -2.20. The lowest BCUT2D eigenvalue weighted by Gasteiger charge is -2.16. The van der Waals surface area contributed by atoms with Crippen LogP contribution in [0, 0.1) is 6.92 Å². The number of nitrogens with one attached hydrogen (secondary N) is 1. The van der Waals surface area contributed by atoms with Gasteiger partial charge in [0.1, 0.15) is 12.0 Å². The lowest BCUT2D eigenvalue weighted by molar-refractivity contribution is -0.166. The van der Waals surface area contributed by atoms with Gasteiger partial charge in [0.15, 0.2) is 17.4 Å². The molecule has 4 N–H and O–H groups in total. The number of aliphatic hydroxyl groups is 2. The third kappa shape index (κ3) is 2.89. The molecule has 0 amide bonds. The van der Waals surface area contributed by atoms with Gasteiger partial charge in [0.05, 0.1) is 0 Å². The number of benzene rings is 2. The van der Waals surface area contributed by atoms with Crippen molar-refractivity contribution in [1.82, 2.24) is 9.97 Å². The van der Waals surface area contributed by atoms with Gasteiger partial charge in [-0.3, -0.25) is 0 Å². The van der Waals surface area contributed by atoms with Crippen LogP contribution in [0.3, 0.4) is 0 Å². The first-order chi connectivity index (χ1) is 12.4. The van der Waals surface area contributed by atoms with E-state index in [0.29, 0.717) is 29.2 Å². The fourth-order valence-electron chi connectivity index (χ4n) is 3.24. The van der Waals surface area contributed by atoms with E-state index in [2.05, 4.69) is 15.3 Å². The highest BCUT2D eigenvalue weighted by Gasteiger charge is 2.34. The van der Waals surface area contributed by atoms with Gasteiger partial charge < -0.3 is 20.6 Å². The van der Waals surface area contributed by atoms with Gasteiger partial charge in [-0.1, -0.05) is 35.9 Å². The molecule has 1 heterocycles. The lowest BCUT2D eigenvalue weighted by atomic mass is 10.1. The molecule has 132 valence electrons. The van der Waals surface area contributed by atoms with Crippen molar-refractivity contribution in [3.63, 3.8) is 0 Å². The van der Waals surface area contributed by atoms with Gasteiger partial charge in [-0.15, -0.1) is 0 Å². The molecule has 1 aliphatic carbocycles. The Kier molecular flexibility index (Phi) is 3.86. The molecule has 2 aromatic carbocycles. The summed E-state index contributed by atoms with van der Waals surface area (Å²) in [4.78, 5) is 8.32. The molecule has 0 spiro atoms. The SMILES string of the molecule is Cc1ccc(-c2ncnc(Nc3ccc4c(c3)CCC4(O)O)c2O)cc1. The Bertz CT molecular complexity index is 969. The van der Waals surface area contributed by atoms with E-state index >= 15 is 0 Å². The Balaban J connectivity index is 1.66. The first kappa shape index (κ1) is 16.5. The molecule has 6 heteroatoms. The molecular weight excluding hydrogens is 330 g/mol. The van der Waals surface area contributed by atoms with Crippen molar-refractivity contribution < 1.29 is 15.3 Å². The van der Waals surface area contributed by atoms with E-state index in [0.717, 1.165) is 16.7 Å². The van der Waals surface area contributed by atoms with Crippen molar-refractivity contribution >= 4 is 11.5 Å². The van der Waals surface area contributed by atoms with Crippen molar-refractivity contribution in [3.8, 4) is 17.0 Å². The molecule has 4 rings (SSSR count). The Morgan fingerprint density at radius 2 is 1.81 bits per heavy atom. The molecule has 0 fully saturated rings. The second-order valence-electron chi connectivity index (χ2n) is 6.60. The number of hydrogen-bond donors (Lipinski definition) is 4. The highest BCUT2D eigenvalue weighted by molar-refractivity contribution is 5.75. The summed E-state index contributed by atoms with van der Waals surface area (Å²) in [5, 5.41) is 33.5. The van der Waals surface area contributed by atoms with Crippen LogP contribution in [-0.4, -0.2) is 25.3 Å². The fraction of sp³-hybridized carbons (Fsp3) is 0.200. The van der Waals surface area contributed by atoms with Crippen LogP contribution in [0.1, 0.15) is 23.1 Å². The standard InChI is InChI=1S/C20H19N3O3/c1-12-2-4-13(5-3-12)17-18(24)19(22-11-21-17)23-15-6-7-16-14(10-15)8-9-20(16,25)26/h2-7,10-11,24-26H,8-9H2,1H3,(H,21,22,23). The topological polar surface area (TPSA) is 98.5 Å². The maximum Gasteiger partial charge on any atom is 0.190 e. The monoisotopic (exact) mass is 349 g/mol. The minimum absolute atomic E-state index is 0.0319. The fourth-order valence-corrected chi connectivity index (χ4v) is 3.24. The van der Waals surface area contributed by atoms with E-state index < -0.39 is 5.79 Å². The van der Waals surface area contributed by atoms with Crippen molar-refractivity contribution in [1.29, 1.82) is 0 Å². The van der Waals surface area contributed by atoms with E-state index in [-0.39, 0.29) is 12.2 Å². The predicted molar refractivity (Wildman–Crippen MR) is 98.0 cm³/mol. The molecule has 26 heavy (non-hydrogen) atoms. The molecule has 0 saturated heterocycles. The summed E-state index contributed by atoms with van der Waals surface area (Å²) in [6.45, 7) is 2.00. The minimum atomic E-state index is -1.76. The van der Waals surface area contributed by atoms with Crippen LogP contribution in [0.5, 0.6) is 5.75 Å². The molecule has 1 aliphatic rings. The van der Waals surface area contributed by atoms with Gasteiger partial charge >= 0.3 is 0 Å². The molecule has 6 nitrogen and oxygen atoms in total. The summed E-state index contributed by atoms with van der Waals surface area (Å²) < 4.78 is 0. The second kappa shape index (κ2) is 6.09. The Hall–Kier alpha value is -2.96. The van der Waals surface area contributed by atoms with Crippen LogP contribution in [0.4, 0.5) is 11.5 Å². The number of hydrogen-bond acceptors (Lipinski definition) is 6. The Morgan fingerprint density at radius 1 is 1.04 bits per heavy atom. The first-order valence-electron chi connectivity index (χ1n) is 8.40. The maximum atomic E-state index is 10.6. The number of rotatable bonds is 3. The zero-order valence-corrected chi connectivity index (χ0v) is 14.3. The minimum Gasteiger partial charge on any atom is -0.503 e. The third-order valence-corrected chi connectivity index (χ3v) is 4.69. The molecule has 0 aliphatic heterocycles. The highest BCUT2D eigenvalue weighted by atomic mass is 16.5. The van der Waals surface area contributed by atoms with Crippen LogP contribution in [0.2, 0.25) is 0 Å². The van der Waals surface area contributed by atoms with Crippen LogP contribution in [0.15, 0.2) is 48.8 Å². The van der Waals surface area contributed by atoms with Crippen molar-refractivity contribution in [2.75, 3.05) is 5.32 Å². The van der Waals surface area contributed by atoms with Crippen LogP contribution in [-0.2, 0) is 12.2 Å². The number of fused-ring (bicyclic) bond motifs is 1. The third-order valence-electron chi connectivity index (χ3n) is 4.69. The zero-order valence-electron chi connectivity index (χ0n) is 14.3. The normalized spacial score (nSPS) is 14.9.